The van der Waals surface area contributed by atoms with Crippen molar-refractivity contribution < 1.29 is 9.32 Å². The first-order valence-electron chi connectivity index (χ1n) is 9.35. The third-order valence-electron chi connectivity index (χ3n) is 5.11. The maximum absolute atomic E-state index is 13.2. The average Bonchev–Trinajstić information content (AvgIpc) is 3.35. The SMILES string of the molecule is Cc1cc(C)n(Cc2cccc(C(=O)N3CCCC3c3cc(C)on3)c2)n1. The molecule has 27 heavy (non-hydrogen) atoms. The highest BCUT2D eigenvalue weighted by Gasteiger charge is 2.32. The molecule has 3 aromatic rings. The van der Waals surface area contributed by atoms with E-state index >= 15 is 0 Å². The first kappa shape index (κ1) is 17.5. The highest BCUT2D eigenvalue weighted by molar-refractivity contribution is 5.94. The van der Waals surface area contributed by atoms with Gasteiger partial charge in [-0.25, -0.2) is 0 Å². The molecule has 1 aliphatic rings. The standard InChI is InChI=1S/C21H24N4O2/c1-14-10-15(2)25(22-14)13-17-6-4-7-18(12-17)21(26)24-9-5-8-20(24)19-11-16(3)27-23-19/h4,6-7,10-12,20H,5,8-9,13H2,1-3H3. The first-order valence-corrected chi connectivity index (χ1v) is 9.35. The predicted molar refractivity (Wildman–Crippen MR) is 101 cm³/mol. The summed E-state index contributed by atoms with van der Waals surface area (Å²) in [5, 5.41) is 8.64. The van der Waals surface area contributed by atoms with E-state index in [2.05, 4.69) is 16.3 Å². The number of aromatic nitrogens is 3. The van der Waals surface area contributed by atoms with Crippen LogP contribution in [0.4, 0.5) is 0 Å². The molecule has 1 amide bonds. The summed E-state index contributed by atoms with van der Waals surface area (Å²) in [6.07, 6.45) is 1.90. The smallest absolute Gasteiger partial charge is 0.254 e. The molecule has 6 heteroatoms. The van der Waals surface area contributed by atoms with Crippen LogP contribution in [0.2, 0.25) is 0 Å². The summed E-state index contributed by atoms with van der Waals surface area (Å²) in [5.74, 6) is 0.824. The van der Waals surface area contributed by atoms with Gasteiger partial charge in [-0.2, -0.15) is 5.10 Å². The van der Waals surface area contributed by atoms with E-state index in [9.17, 15) is 4.79 Å². The van der Waals surface area contributed by atoms with Crippen molar-refractivity contribution in [3.05, 3.63) is 70.4 Å². The number of carbonyl (C=O) groups excluding carboxylic acids is 1. The van der Waals surface area contributed by atoms with Crippen molar-refractivity contribution in [2.45, 2.75) is 46.2 Å². The van der Waals surface area contributed by atoms with Crippen LogP contribution < -0.4 is 0 Å². The summed E-state index contributed by atoms with van der Waals surface area (Å²) in [7, 11) is 0. The third kappa shape index (κ3) is 3.52. The minimum atomic E-state index is -0.00499. The molecule has 4 rings (SSSR count). The van der Waals surface area contributed by atoms with Crippen LogP contribution in [0.25, 0.3) is 0 Å². The second-order valence-corrected chi connectivity index (χ2v) is 7.30. The van der Waals surface area contributed by atoms with Gasteiger partial charge >= 0.3 is 0 Å². The molecule has 140 valence electrons. The van der Waals surface area contributed by atoms with E-state index in [0.29, 0.717) is 12.1 Å². The van der Waals surface area contributed by atoms with Gasteiger partial charge in [0.2, 0.25) is 0 Å². The van der Waals surface area contributed by atoms with Crippen molar-refractivity contribution >= 4 is 5.91 Å². The van der Waals surface area contributed by atoms with Crippen molar-refractivity contribution in [3.63, 3.8) is 0 Å². The van der Waals surface area contributed by atoms with Crippen LogP contribution in [-0.4, -0.2) is 32.3 Å². The molecule has 0 radical (unpaired) electrons. The Balaban J connectivity index is 1.56. The number of nitrogens with zero attached hydrogens (tertiary/aromatic N) is 4. The number of carbonyl (C=O) groups is 1. The second-order valence-electron chi connectivity index (χ2n) is 7.30. The van der Waals surface area contributed by atoms with Gasteiger partial charge in [-0.05, 0) is 57.4 Å². The Hall–Kier alpha value is -2.89. The maximum Gasteiger partial charge on any atom is 0.254 e. The Morgan fingerprint density at radius 3 is 2.78 bits per heavy atom. The summed E-state index contributed by atoms with van der Waals surface area (Å²) in [6, 6.07) is 11.8. The van der Waals surface area contributed by atoms with E-state index in [1.165, 1.54) is 0 Å². The van der Waals surface area contributed by atoms with Crippen molar-refractivity contribution in [1.29, 1.82) is 0 Å². The molecule has 3 heterocycles. The van der Waals surface area contributed by atoms with Gasteiger partial charge in [0, 0.05) is 23.9 Å². The van der Waals surface area contributed by atoms with Gasteiger partial charge in [0.15, 0.2) is 0 Å². The van der Waals surface area contributed by atoms with Crippen LogP contribution in [0.5, 0.6) is 0 Å². The highest BCUT2D eigenvalue weighted by atomic mass is 16.5. The zero-order valence-electron chi connectivity index (χ0n) is 16.0. The molecular weight excluding hydrogens is 340 g/mol. The topological polar surface area (TPSA) is 64.2 Å². The van der Waals surface area contributed by atoms with Crippen molar-refractivity contribution in [3.8, 4) is 0 Å². The third-order valence-corrected chi connectivity index (χ3v) is 5.11. The lowest BCUT2D eigenvalue weighted by Crippen LogP contribution is -2.30. The summed E-state index contributed by atoms with van der Waals surface area (Å²) < 4.78 is 7.18. The second kappa shape index (κ2) is 7.02. The molecule has 0 saturated carbocycles. The molecule has 1 fully saturated rings. The minimum absolute atomic E-state index is 0.00499. The van der Waals surface area contributed by atoms with Crippen molar-refractivity contribution in [1.82, 2.24) is 19.8 Å². The lowest BCUT2D eigenvalue weighted by molar-refractivity contribution is 0.0730. The molecule has 0 aliphatic carbocycles. The highest BCUT2D eigenvalue weighted by Crippen LogP contribution is 2.32. The number of hydrogen-bond acceptors (Lipinski definition) is 4. The fourth-order valence-electron chi connectivity index (χ4n) is 3.84. The van der Waals surface area contributed by atoms with Crippen molar-refractivity contribution in [2.75, 3.05) is 6.54 Å². The van der Waals surface area contributed by atoms with E-state index in [-0.39, 0.29) is 11.9 Å². The van der Waals surface area contributed by atoms with Gasteiger partial charge in [-0.15, -0.1) is 0 Å². The lowest BCUT2D eigenvalue weighted by Gasteiger charge is -2.23. The molecule has 0 spiro atoms. The number of amides is 1. The number of likely N-dealkylation sites (tertiary alicyclic amines) is 1. The van der Waals surface area contributed by atoms with Gasteiger partial charge < -0.3 is 9.42 Å². The zero-order valence-corrected chi connectivity index (χ0v) is 16.0. The monoisotopic (exact) mass is 364 g/mol. The van der Waals surface area contributed by atoms with Gasteiger partial charge in [-0.1, -0.05) is 17.3 Å². The van der Waals surface area contributed by atoms with E-state index in [1.54, 1.807) is 0 Å². The van der Waals surface area contributed by atoms with Crippen LogP contribution in [-0.2, 0) is 6.54 Å². The fraction of sp³-hybridized carbons (Fsp3) is 0.381. The summed E-state index contributed by atoms with van der Waals surface area (Å²) >= 11 is 0. The molecule has 0 bridgehead atoms. The summed E-state index contributed by atoms with van der Waals surface area (Å²) in [5.41, 5.74) is 4.74. The lowest BCUT2D eigenvalue weighted by atomic mass is 10.1. The maximum atomic E-state index is 13.2. The van der Waals surface area contributed by atoms with Gasteiger partial charge in [0.25, 0.3) is 5.91 Å². The Morgan fingerprint density at radius 1 is 1.22 bits per heavy atom. The first-order chi connectivity index (χ1) is 13.0. The average molecular weight is 364 g/mol. The van der Waals surface area contributed by atoms with Gasteiger partial charge in [0.1, 0.15) is 11.5 Å². The molecule has 6 nitrogen and oxygen atoms in total. The van der Waals surface area contributed by atoms with Crippen molar-refractivity contribution in [2.24, 2.45) is 0 Å². The van der Waals surface area contributed by atoms with Crippen LogP contribution in [0.3, 0.4) is 0 Å². The van der Waals surface area contributed by atoms with E-state index < -0.39 is 0 Å². The molecular formula is C21H24N4O2. The molecule has 2 aromatic heterocycles. The number of rotatable bonds is 4. The van der Waals surface area contributed by atoms with Crippen LogP contribution >= 0.6 is 0 Å². The molecule has 1 aliphatic heterocycles. The summed E-state index contributed by atoms with van der Waals surface area (Å²) in [4.78, 5) is 15.1. The largest absolute Gasteiger partial charge is 0.361 e. The Bertz CT molecular complexity index is 972. The van der Waals surface area contributed by atoms with Crippen LogP contribution in [0.1, 0.15) is 57.6 Å². The Morgan fingerprint density at radius 2 is 2.07 bits per heavy atom. The normalized spacial score (nSPS) is 16.9. The Kier molecular flexibility index (Phi) is 4.56. The van der Waals surface area contributed by atoms with Gasteiger partial charge in [-0.3, -0.25) is 9.48 Å². The van der Waals surface area contributed by atoms with E-state index in [4.69, 9.17) is 4.52 Å². The van der Waals surface area contributed by atoms with E-state index in [0.717, 1.165) is 47.8 Å². The molecule has 1 saturated heterocycles. The fourth-order valence-corrected chi connectivity index (χ4v) is 3.84. The molecule has 1 unspecified atom stereocenters. The predicted octanol–water partition coefficient (Wildman–Crippen LogP) is 3.82. The van der Waals surface area contributed by atoms with E-state index in [1.807, 2.05) is 60.7 Å². The molecule has 1 atom stereocenters. The molecule has 0 N–H and O–H groups in total. The zero-order chi connectivity index (χ0) is 19.0. The Labute approximate surface area is 158 Å². The van der Waals surface area contributed by atoms with Crippen LogP contribution in [0.15, 0.2) is 40.9 Å². The number of aryl methyl sites for hydroxylation is 3. The van der Waals surface area contributed by atoms with Crippen LogP contribution in [0, 0.1) is 20.8 Å². The molecule has 1 aromatic carbocycles. The minimum Gasteiger partial charge on any atom is -0.361 e. The quantitative estimate of drug-likeness (QED) is 0.706. The number of hydrogen-bond donors (Lipinski definition) is 0. The summed E-state index contributed by atoms with van der Waals surface area (Å²) in [6.45, 7) is 7.32. The number of benzene rings is 1. The van der Waals surface area contributed by atoms with Gasteiger partial charge in [0.05, 0.1) is 18.3 Å².